The van der Waals surface area contributed by atoms with Gasteiger partial charge in [-0.25, -0.2) is 0 Å². The summed E-state index contributed by atoms with van der Waals surface area (Å²) >= 11 is 0. The molecule has 0 aromatic heterocycles. The summed E-state index contributed by atoms with van der Waals surface area (Å²) in [4.78, 5) is 24.8. The fraction of sp³-hybridized carbons (Fsp3) is 0.833. The molecule has 2 N–H and O–H groups in total. The molecule has 98 valence electrons. The Morgan fingerprint density at radius 3 is 2.76 bits per heavy atom. The van der Waals surface area contributed by atoms with E-state index in [9.17, 15) is 9.59 Å². The minimum Gasteiger partial charge on any atom is -0.344 e. The smallest absolute Gasteiger partial charge is 0.244 e. The zero-order valence-corrected chi connectivity index (χ0v) is 11.0. The van der Waals surface area contributed by atoms with Crippen LogP contribution < -0.4 is 10.6 Å². The molecule has 1 unspecified atom stereocenters. The first-order valence-corrected chi connectivity index (χ1v) is 6.28. The molecule has 1 heterocycles. The van der Waals surface area contributed by atoms with E-state index in [1.807, 2.05) is 0 Å². The van der Waals surface area contributed by atoms with Crippen molar-refractivity contribution in [1.82, 2.24) is 15.5 Å². The van der Waals surface area contributed by atoms with Crippen LogP contribution >= 0.6 is 0 Å². The minimum atomic E-state index is -0.300. The van der Waals surface area contributed by atoms with Crippen molar-refractivity contribution >= 4 is 11.8 Å². The Hall–Kier alpha value is -1.10. The summed E-state index contributed by atoms with van der Waals surface area (Å²) < 4.78 is 0. The Kier molecular flexibility index (Phi) is 5.41. The Labute approximate surface area is 103 Å². The Morgan fingerprint density at radius 2 is 2.24 bits per heavy atom. The van der Waals surface area contributed by atoms with Gasteiger partial charge in [-0.05, 0) is 19.4 Å². The summed E-state index contributed by atoms with van der Waals surface area (Å²) in [5, 5.41) is 6.04. The highest BCUT2D eigenvalue weighted by Crippen LogP contribution is 2.08. The van der Waals surface area contributed by atoms with Crippen molar-refractivity contribution in [2.75, 3.05) is 20.1 Å². The molecule has 1 aliphatic rings. The number of hydrogen-bond donors (Lipinski definition) is 2. The summed E-state index contributed by atoms with van der Waals surface area (Å²) in [5.41, 5.74) is 0. The second-order valence-corrected chi connectivity index (χ2v) is 4.88. The van der Waals surface area contributed by atoms with E-state index in [0.29, 0.717) is 12.5 Å². The maximum atomic E-state index is 11.6. The number of likely N-dealkylation sites (tertiary alicyclic amines) is 1. The number of rotatable bonds is 6. The molecule has 17 heavy (non-hydrogen) atoms. The van der Waals surface area contributed by atoms with Crippen LogP contribution in [0.5, 0.6) is 0 Å². The van der Waals surface area contributed by atoms with Crippen LogP contribution in [0.4, 0.5) is 0 Å². The number of hydrogen-bond acceptors (Lipinski definition) is 3. The predicted octanol–water partition coefficient (Wildman–Crippen LogP) is 0.112. The third kappa shape index (κ3) is 4.73. The molecule has 0 aliphatic carbocycles. The lowest BCUT2D eigenvalue weighted by molar-refractivity contribution is -0.131. The zero-order valence-electron chi connectivity index (χ0n) is 11.0. The SMILES string of the molecule is CC(C)NCCCC(=O)NC1CCN(C)C1=O. The van der Waals surface area contributed by atoms with Crippen molar-refractivity contribution in [3.05, 3.63) is 0 Å². The maximum Gasteiger partial charge on any atom is 0.244 e. The highest BCUT2D eigenvalue weighted by atomic mass is 16.2. The predicted molar refractivity (Wildman–Crippen MR) is 66.6 cm³/mol. The minimum absolute atomic E-state index is 0.0239. The van der Waals surface area contributed by atoms with Gasteiger partial charge in [0.1, 0.15) is 6.04 Å². The second-order valence-electron chi connectivity index (χ2n) is 4.88. The first-order chi connectivity index (χ1) is 8.00. The Bertz CT molecular complexity index is 279. The van der Waals surface area contributed by atoms with Crippen LogP contribution in [0.1, 0.15) is 33.1 Å². The Balaban J connectivity index is 2.15. The molecule has 2 amide bonds. The third-order valence-corrected chi connectivity index (χ3v) is 2.90. The second kappa shape index (κ2) is 6.59. The molecular formula is C12H23N3O2. The van der Waals surface area contributed by atoms with Crippen LogP contribution in [-0.2, 0) is 9.59 Å². The molecule has 0 radical (unpaired) electrons. The highest BCUT2D eigenvalue weighted by molar-refractivity contribution is 5.88. The van der Waals surface area contributed by atoms with E-state index in [-0.39, 0.29) is 17.9 Å². The van der Waals surface area contributed by atoms with E-state index in [1.54, 1.807) is 11.9 Å². The van der Waals surface area contributed by atoms with E-state index in [2.05, 4.69) is 24.5 Å². The molecule has 5 nitrogen and oxygen atoms in total. The van der Waals surface area contributed by atoms with Crippen LogP contribution in [0.2, 0.25) is 0 Å². The van der Waals surface area contributed by atoms with E-state index in [1.165, 1.54) is 0 Å². The summed E-state index contributed by atoms with van der Waals surface area (Å²) in [6, 6.07) is 0.147. The molecule has 1 fully saturated rings. The van der Waals surface area contributed by atoms with E-state index < -0.39 is 0 Å². The number of carbonyl (C=O) groups excluding carboxylic acids is 2. The van der Waals surface area contributed by atoms with Gasteiger partial charge < -0.3 is 15.5 Å². The number of nitrogens with zero attached hydrogens (tertiary/aromatic N) is 1. The van der Waals surface area contributed by atoms with Crippen LogP contribution in [0.15, 0.2) is 0 Å². The van der Waals surface area contributed by atoms with Gasteiger partial charge in [0.05, 0.1) is 0 Å². The van der Waals surface area contributed by atoms with Gasteiger partial charge in [0.15, 0.2) is 0 Å². The van der Waals surface area contributed by atoms with Crippen LogP contribution in [0.25, 0.3) is 0 Å². The average Bonchev–Trinajstić information content (AvgIpc) is 2.56. The fourth-order valence-electron chi connectivity index (χ4n) is 1.86. The number of nitrogens with one attached hydrogen (secondary N) is 2. The molecular weight excluding hydrogens is 218 g/mol. The highest BCUT2D eigenvalue weighted by Gasteiger charge is 2.29. The molecule has 1 atom stereocenters. The number of amides is 2. The third-order valence-electron chi connectivity index (χ3n) is 2.90. The van der Waals surface area contributed by atoms with Crippen molar-refractivity contribution in [3.8, 4) is 0 Å². The molecule has 0 spiro atoms. The quantitative estimate of drug-likeness (QED) is 0.649. The van der Waals surface area contributed by atoms with Gasteiger partial charge in [0.25, 0.3) is 0 Å². The van der Waals surface area contributed by atoms with E-state index >= 15 is 0 Å². The van der Waals surface area contributed by atoms with Crippen LogP contribution in [0, 0.1) is 0 Å². The molecule has 0 aromatic carbocycles. The monoisotopic (exact) mass is 241 g/mol. The summed E-state index contributed by atoms with van der Waals surface area (Å²) in [7, 11) is 1.76. The number of likely N-dealkylation sites (N-methyl/N-ethyl adjacent to an activating group) is 1. The van der Waals surface area contributed by atoms with Crippen LogP contribution in [-0.4, -0.2) is 48.9 Å². The first kappa shape index (κ1) is 14.0. The van der Waals surface area contributed by atoms with Crippen LogP contribution in [0.3, 0.4) is 0 Å². The van der Waals surface area contributed by atoms with Crippen molar-refractivity contribution in [2.24, 2.45) is 0 Å². The molecule has 5 heteroatoms. The zero-order chi connectivity index (χ0) is 12.8. The van der Waals surface area contributed by atoms with Gasteiger partial charge in [-0.3, -0.25) is 9.59 Å². The standard InChI is InChI=1S/C12H23N3O2/c1-9(2)13-7-4-5-11(16)14-10-6-8-15(3)12(10)17/h9-10,13H,4-8H2,1-3H3,(H,14,16). The Morgan fingerprint density at radius 1 is 1.53 bits per heavy atom. The van der Waals surface area contributed by atoms with Crippen molar-refractivity contribution in [2.45, 2.75) is 45.2 Å². The van der Waals surface area contributed by atoms with Gasteiger partial charge >= 0.3 is 0 Å². The van der Waals surface area contributed by atoms with Crippen molar-refractivity contribution in [3.63, 3.8) is 0 Å². The van der Waals surface area contributed by atoms with Gasteiger partial charge in [0, 0.05) is 26.1 Å². The van der Waals surface area contributed by atoms with Gasteiger partial charge in [0.2, 0.25) is 11.8 Å². The topological polar surface area (TPSA) is 61.4 Å². The molecule has 1 saturated heterocycles. The van der Waals surface area contributed by atoms with Crippen molar-refractivity contribution in [1.29, 1.82) is 0 Å². The van der Waals surface area contributed by atoms with Gasteiger partial charge in [-0.15, -0.1) is 0 Å². The lowest BCUT2D eigenvalue weighted by atomic mass is 10.2. The van der Waals surface area contributed by atoms with E-state index in [0.717, 1.165) is 25.9 Å². The normalized spacial score (nSPS) is 20.1. The molecule has 1 rings (SSSR count). The van der Waals surface area contributed by atoms with Gasteiger partial charge in [-0.1, -0.05) is 13.8 Å². The summed E-state index contributed by atoms with van der Waals surface area (Å²) in [5.74, 6) is 0.00265. The number of carbonyl (C=O) groups is 2. The molecule has 0 bridgehead atoms. The van der Waals surface area contributed by atoms with Gasteiger partial charge in [-0.2, -0.15) is 0 Å². The molecule has 0 saturated carbocycles. The fourth-order valence-corrected chi connectivity index (χ4v) is 1.86. The lowest BCUT2D eigenvalue weighted by Gasteiger charge is -2.12. The maximum absolute atomic E-state index is 11.6. The largest absolute Gasteiger partial charge is 0.344 e. The summed E-state index contributed by atoms with van der Waals surface area (Å²) in [6.45, 7) is 5.72. The average molecular weight is 241 g/mol. The van der Waals surface area contributed by atoms with Crippen molar-refractivity contribution < 1.29 is 9.59 Å². The molecule has 0 aromatic rings. The molecule has 1 aliphatic heterocycles. The first-order valence-electron chi connectivity index (χ1n) is 6.28. The summed E-state index contributed by atoms with van der Waals surface area (Å²) in [6.07, 6.45) is 2.01. The van der Waals surface area contributed by atoms with E-state index in [4.69, 9.17) is 0 Å². The lowest BCUT2D eigenvalue weighted by Crippen LogP contribution is -2.40.